The minimum Gasteiger partial charge on any atom is -0.390 e. The summed E-state index contributed by atoms with van der Waals surface area (Å²) in [5, 5.41) is 10.3. The van der Waals surface area contributed by atoms with Crippen LogP contribution in [0, 0.1) is 0 Å². The van der Waals surface area contributed by atoms with Crippen LogP contribution in [0.5, 0.6) is 0 Å². The zero-order chi connectivity index (χ0) is 16.1. The highest BCUT2D eigenvalue weighted by Crippen LogP contribution is 2.21. The Balaban J connectivity index is 1.69. The zero-order valence-corrected chi connectivity index (χ0v) is 13.8. The molecule has 1 aromatic carbocycles. The molecule has 1 N–H and O–H groups in total. The number of benzene rings is 1. The number of rotatable bonds is 6. The van der Waals surface area contributed by atoms with Gasteiger partial charge in [-0.1, -0.05) is 42.1 Å². The number of carbonyl (C=O) groups excluding carboxylic acids is 1. The second-order valence-corrected chi connectivity index (χ2v) is 6.58. The van der Waals surface area contributed by atoms with Gasteiger partial charge in [-0.05, 0) is 18.4 Å². The van der Waals surface area contributed by atoms with Crippen LogP contribution in [0.1, 0.15) is 24.1 Å². The average molecular weight is 331 g/mol. The number of amides is 1. The summed E-state index contributed by atoms with van der Waals surface area (Å²) in [4.78, 5) is 18.5. The molecule has 0 unspecified atom stereocenters. The van der Waals surface area contributed by atoms with Crippen LogP contribution < -0.4 is 0 Å². The van der Waals surface area contributed by atoms with Gasteiger partial charge in [-0.3, -0.25) is 4.79 Å². The van der Waals surface area contributed by atoms with Crippen LogP contribution in [0.2, 0.25) is 0 Å². The second-order valence-electron chi connectivity index (χ2n) is 5.64. The van der Waals surface area contributed by atoms with Gasteiger partial charge in [-0.2, -0.15) is 0 Å². The third-order valence-electron chi connectivity index (χ3n) is 4.03. The van der Waals surface area contributed by atoms with Crippen molar-refractivity contribution < 1.29 is 9.90 Å². The number of thioether (sulfide) groups is 1. The lowest BCUT2D eigenvalue weighted by atomic mass is 10.2. The van der Waals surface area contributed by atoms with E-state index in [2.05, 4.69) is 4.98 Å². The van der Waals surface area contributed by atoms with Gasteiger partial charge in [0.1, 0.15) is 0 Å². The molecule has 122 valence electrons. The number of aromatic nitrogens is 2. The highest BCUT2D eigenvalue weighted by molar-refractivity contribution is 7.99. The summed E-state index contributed by atoms with van der Waals surface area (Å²) in [6.45, 7) is 2.34. The van der Waals surface area contributed by atoms with Gasteiger partial charge in [-0.15, -0.1) is 0 Å². The van der Waals surface area contributed by atoms with Gasteiger partial charge in [0.25, 0.3) is 0 Å². The fourth-order valence-electron chi connectivity index (χ4n) is 2.75. The van der Waals surface area contributed by atoms with E-state index in [-0.39, 0.29) is 12.5 Å². The van der Waals surface area contributed by atoms with Crippen molar-refractivity contribution in [2.45, 2.75) is 31.1 Å². The minimum absolute atomic E-state index is 0.0551. The molecule has 1 amide bonds. The first-order chi connectivity index (χ1) is 11.3. The number of hydrogen-bond donors (Lipinski definition) is 1. The molecular weight excluding hydrogens is 310 g/mol. The number of imidazole rings is 1. The van der Waals surface area contributed by atoms with Gasteiger partial charge < -0.3 is 14.6 Å². The number of nitrogens with zero attached hydrogens (tertiary/aromatic N) is 3. The van der Waals surface area contributed by atoms with Gasteiger partial charge in [-0.25, -0.2) is 4.98 Å². The summed E-state index contributed by atoms with van der Waals surface area (Å²) in [7, 11) is 0. The minimum atomic E-state index is -0.0551. The van der Waals surface area contributed by atoms with Gasteiger partial charge in [0.2, 0.25) is 5.91 Å². The first-order valence-electron chi connectivity index (χ1n) is 7.87. The number of aliphatic hydroxyl groups is 1. The highest BCUT2D eigenvalue weighted by atomic mass is 32.2. The highest BCUT2D eigenvalue weighted by Gasteiger charge is 2.19. The van der Waals surface area contributed by atoms with Crippen molar-refractivity contribution in [1.29, 1.82) is 0 Å². The molecular formula is C17H21N3O2S. The Hall–Kier alpha value is -1.79. The number of carbonyl (C=O) groups is 1. The molecule has 2 aromatic rings. The van der Waals surface area contributed by atoms with E-state index in [0.29, 0.717) is 12.3 Å². The molecule has 0 bridgehead atoms. The lowest BCUT2D eigenvalue weighted by Crippen LogP contribution is -2.29. The molecule has 2 heterocycles. The molecule has 23 heavy (non-hydrogen) atoms. The zero-order valence-electron chi connectivity index (χ0n) is 13.0. The molecule has 1 aliphatic heterocycles. The van der Waals surface area contributed by atoms with Crippen molar-refractivity contribution in [3.05, 3.63) is 47.8 Å². The first-order valence-corrected chi connectivity index (χ1v) is 8.86. The van der Waals surface area contributed by atoms with E-state index in [9.17, 15) is 9.90 Å². The first kappa shape index (κ1) is 16.1. The topological polar surface area (TPSA) is 58.4 Å². The van der Waals surface area contributed by atoms with Crippen molar-refractivity contribution in [3.8, 4) is 0 Å². The summed E-state index contributed by atoms with van der Waals surface area (Å²) < 4.78 is 1.98. The Morgan fingerprint density at radius 3 is 2.65 bits per heavy atom. The maximum absolute atomic E-state index is 12.2. The summed E-state index contributed by atoms with van der Waals surface area (Å²) in [5.41, 5.74) is 1.91. The normalized spacial score (nSPS) is 14.4. The van der Waals surface area contributed by atoms with Gasteiger partial charge >= 0.3 is 0 Å². The molecule has 1 aliphatic rings. The standard InChI is InChI=1S/C17H21N3O2S/c21-12-15-10-18-17(20(15)11-14-6-2-1-3-7-14)23-13-16(22)19-8-4-5-9-19/h1-3,6-7,10,21H,4-5,8-9,11-13H2. The Bertz CT molecular complexity index is 651. The van der Waals surface area contributed by atoms with Crippen LogP contribution in [-0.2, 0) is 17.9 Å². The predicted octanol–water partition coefficient (Wildman–Crippen LogP) is 2.14. The maximum atomic E-state index is 12.2. The predicted molar refractivity (Wildman–Crippen MR) is 90.2 cm³/mol. The molecule has 6 heteroatoms. The van der Waals surface area contributed by atoms with Crippen LogP contribution in [0.25, 0.3) is 0 Å². The summed E-state index contributed by atoms with van der Waals surface area (Å²) in [6.07, 6.45) is 3.90. The van der Waals surface area contributed by atoms with E-state index in [0.717, 1.165) is 42.3 Å². The van der Waals surface area contributed by atoms with Crippen molar-refractivity contribution in [1.82, 2.24) is 14.5 Å². The molecule has 0 spiro atoms. The second kappa shape index (κ2) is 7.66. The van der Waals surface area contributed by atoms with Crippen molar-refractivity contribution in [2.75, 3.05) is 18.8 Å². The molecule has 1 fully saturated rings. The van der Waals surface area contributed by atoms with E-state index in [4.69, 9.17) is 0 Å². The molecule has 0 saturated carbocycles. The third kappa shape index (κ3) is 3.95. The van der Waals surface area contributed by atoms with Gasteiger partial charge in [0.05, 0.1) is 24.3 Å². The molecule has 5 nitrogen and oxygen atoms in total. The average Bonchev–Trinajstić information content (AvgIpc) is 3.24. The molecule has 0 aliphatic carbocycles. The number of aliphatic hydroxyl groups excluding tert-OH is 1. The third-order valence-corrected chi connectivity index (χ3v) is 5.01. The van der Waals surface area contributed by atoms with Crippen LogP contribution in [0.4, 0.5) is 0 Å². The van der Waals surface area contributed by atoms with Crippen LogP contribution in [-0.4, -0.2) is 44.3 Å². The van der Waals surface area contributed by atoms with Crippen molar-refractivity contribution >= 4 is 17.7 Å². The molecule has 1 aromatic heterocycles. The SMILES string of the molecule is O=C(CSc1ncc(CO)n1Cc1ccccc1)N1CCCC1. The Kier molecular flexibility index (Phi) is 5.35. The quantitative estimate of drug-likeness (QED) is 0.824. The van der Waals surface area contributed by atoms with Crippen LogP contribution in [0.15, 0.2) is 41.7 Å². The molecule has 3 rings (SSSR count). The number of hydrogen-bond acceptors (Lipinski definition) is 4. The fraction of sp³-hybridized carbons (Fsp3) is 0.412. The van der Waals surface area contributed by atoms with Crippen LogP contribution >= 0.6 is 11.8 Å². The van der Waals surface area contributed by atoms with Crippen LogP contribution in [0.3, 0.4) is 0 Å². The number of likely N-dealkylation sites (tertiary alicyclic amines) is 1. The van der Waals surface area contributed by atoms with Gasteiger partial charge in [0.15, 0.2) is 5.16 Å². The molecule has 0 atom stereocenters. The van der Waals surface area contributed by atoms with E-state index < -0.39 is 0 Å². The Morgan fingerprint density at radius 1 is 1.22 bits per heavy atom. The summed E-state index contributed by atoms with van der Waals surface area (Å²) in [6, 6.07) is 10.1. The van der Waals surface area contributed by atoms with E-state index in [1.807, 2.05) is 39.8 Å². The van der Waals surface area contributed by atoms with E-state index in [1.165, 1.54) is 11.8 Å². The Morgan fingerprint density at radius 2 is 1.96 bits per heavy atom. The monoisotopic (exact) mass is 331 g/mol. The molecule has 1 saturated heterocycles. The maximum Gasteiger partial charge on any atom is 0.233 e. The van der Waals surface area contributed by atoms with Crippen molar-refractivity contribution in [3.63, 3.8) is 0 Å². The fourth-order valence-corrected chi connectivity index (χ4v) is 3.65. The largest absolute Gasteiger partial charge is 0.390 e. The van der Waals surface area contributed by atoms with Gasteiger partial charge in [0, 0.05) is 19.6 Å². The Labute approximate surface area is 140 Å². The summed E-state index contributed by atoms with van der Waals surface area (Å²) >= 11 is 1.45. The lowest BCUT2D eigenvalue weighted by Gasteiger charge is -2.15. The molecule has 0 radical (unpaired) electrons. The van der Waals surface area contributed by atoms with Crippen molar-refractivity contribution in [2.24, 2.45) is 0 Å². The summed E-state index contributed by atoms with van der Waals surface area (Å²) in [5.74, 6) is 0.573. The van der Waals surface area contributed by atoms with E-state index >= 15 is 0 Å². The lowest BCUT2D eigenvalue weighted by molar-refractivity contribution is -0.127. The smallest absolute Gasteiger partial charge is 0.233 e. The van der Waals surface area contributed by atoms with E-state index in [1.54, 1.807) is 6.20 Å².